The summed E-state index contributed by atoms with van der Waals surface area (Å²) in [5, 5.41) is 10.7. The summed E-state index contributed by atoms with van der Waals surface area (Å²) in [6.07, 6.45) is 0. The molecular weight excluding hydrogens is 456 g/mol. The molecule has 2 atom stereocenters. The Morgan fingerprint density at radius 3 is 2.17 bits per heavy atom. The first-order valence-corrected chi connectivity index (χ1v) is 11.5. The summed E-state index contributed by atoms with van der Waals surface area (Å²) in [5.41, 5.74) is 3.59. The molecule has 36 heavy (non-hydrogen) atoms. The number of anilines is 1. The Morgan fingerprint density at radius 2 is 1.56 bits per heavy atom. The first-order valence-electron chi connectivity index (χ1n) is 11.5. The summed E-state index contributed by atoms with van der Waals surface area (Å²) < 4.78 is 12.7. The minimum absolute atomic E-state index is 0.337. The number of hydrogen-bond donors (Lipinski definition) is 2. The molecular formula is C28H26N4O4. The first-order chi connectivity index (χ1) is 17.5. The van der Waals surface area contributed by atoms with Crippen molar-refractivity contribution in [3.8, 4) is 17.2 Å². The van der Waals surface area contributed by atoms with Gasteiger partial charge in [-0.05, 0) is 48.9 Å². The normalized spacial score (nSPS) is 16.6. The third kappa shape index (κ3) is 4.17. The van der Waals surface area contributed by atoms with Crippen LogP contribution < -0.4 is 20.1 Å². The largest absolute Gasteiger partial charge is 0.497 e. The van der Waals surface area contributed by atoms with Crippen LogP contribution in [0.3, 0.4) is 0 Å². The highest BCUT2D eigenvalue weighted by atomic mass is 16.5. The van der Waals surface area contributed by atoms with Gasteiger partial charge in [0.2, 0.25) is 5.91 Å². The average molecular weight is 483 g/mol. The number of amides is 2. The predicted molar refractivity (Wildman–Crippen MR) is 136 cm³/mol. The Morgan fingerprint density at radius 1 is 0.944 bits per heavy atom. The number of rotatable bonds is 6. The molecule has 1 aliphatic rings. The fourth-order valence-corrected chi connectivity index (χ4v) is 4.63. The van der Waals surface area contributed by atoms with Gasteiger partial charge in [-0.2, -0.15) is 5.10 Å². The highest BCUT2D eigenvalue weighted by molar-refractivity contribution is 6.04. The van der Waals surface area contributed by atoms with Crippen molar-refractivity contribution >= 4 is 17.6 Å². The third-order valence-corrected chi connectivity index (χ3v) is 6.33. The molecule has 1 aliphatic heterocycles. The molecule has 3 aromatic carbocycles. The number of nitrogens with zero attached hydrogens (tertiary/aromatic N) is 2. The monoisotopic (exact) mass is 482 g/mol. The van der Waals surface area contributed by atoms with Crippen LogP contribution in [0.25, 0.3) is 5.69 Å². The molecule has 0 bridgehead atoms. The maximum absolute atomic E-state index is 13.6. The Bertz CT molecular complexity index is 1390. The fraction of sp³-hybridized carbons (Fsp3) is 0.179. The van der Waals surface area contributed by atoms with Crippen molar-refractivity contribution < 1.29 is 19.1 Å². The summed E-state index contributed by atoms with van der Waals surface area (Å²) in [4.78, 5) is 26.7. The highest BCUT2D eigenvalue weighted by Gasteiger charge is 2.42. The van der Waals surface area contributed by atoms with Gasteiger partial charge in [0.1, 0.15) is 23.4 Å². The standard InChI is InChI=1S/C28H26N4O4/c1-17-23-24(19-14-21(35-2)16-22(15-19)36-3)25(29-27(33)18-10-6-4-7-11-18)28(34)30-26(23)32(31-17)20-12-8-5-9-13-20/h4-16,24-25H,1-3H3,(H,29,33)(H,30,34)/t24-,25-/m1/s1. The van der Waals surface area contributed by atoms with Gasteiger partial charge in [-0.25, -0.2) is 4.68 Å². The van der Waals surface area contributed by atoms with E-state index in [0.717, 1.165) is 22.5 Å². The molecule has 5 rings (SSSR count). The number of hydrogen-bond acceptors (Lipinski definition) is 5. The van der Waals surface area contributed by atoms with Gasteiger partial charge in [0.05, 0.1) is 25.6 Å². The van der Waals surface area contributed by atoms with Gasteiger partial charge < -0.3 is 20.1 Å². The Hall–Kier alpha value is -4.59. The molecule has 182 valence electrons. The predicted octanol–water partition coefficient (Wildman–Crippen LogP) is 4.08. The Balaban J connectivity index is 1.67. The topological polar surface area (TPSA) is 94.5 Å². The van der Waals surface area contributed by atoms with Crippen LogP contribution in [0.4, 0.5) is 5.82 Å². The van der Waals surface area contributed by atoms with E-state index in [-0.39, 0.29) is 11.8 Å². The molecule has 0 aliphatic carbocycles. The Kier molecular flexibility index (Phi) is 6.16. The van der Waals surface area contributed by atoms with Crippen molar-refractivity contribution in [1.82, 2.24) is 15.1 Å². The lowest BCUT2D eigenvalue weighted by atomic mass is 9.81. The van der Waals surface area contributed by atoms with Crippen molar-refractivity contribution in [3.63, 3.8) is 0 Å². The number of methoxy groups -OCH3 is 2. The zero-order valence-electron chi connectivity index (χ0n) is 20.2. The number of nitrogens with one attached hydrogen (secondary N) is 2. The second-order valence-corrected chi connectivity index (χ2v) is 8.53. The van der Waals surface area contributed by atoms with Crippen LogP contribution in [-0.4, -0.2) is 41.9 Å². The van der Waals surface area contributed by atoms with Crippen molar-refractivity contribution in [2.75, 3.05) is 19.5 Å². The van der Waals surface area contributed by atoms with Gasteiger partial charge in [0.25, 0.3) is 5.91 Å². The molecule has 0 saturated heterocycles. The summed E-state index contributed by atoms with van der Waals surface area (Å²) in [7, 11) is 3.15. The van der Waals surface area contributed by atoms with Crippen LogP contribution >= 0.6 is 0 Å². The quantitative estimate of drug-likeness (QED) is 0.432. The molecule has 2 heterocycles. The van der Waals surface area contributed by atoms with Crippen molar-refractivity contribution in [3.05, 3.63) is 101 Å². The smallest absolute Gasteiger partial charge is 0.251 e. The average Bonchev–Trinajstić information content (AvgIpc) is 3.24. The van der Waals surface area contributed by atoms with Gasteiger partial charge >= 0.3 is 0 Å². The molecule has 0 saturated carbocycles. The Labute approximate surface area is 208 Å². The molecule has 0 fully saturated rings. The van der Waals surface area contributed by atoms with Gasteiger partial charge in [0.15, 0.2) is 0 Å². The lowest BCUT2D eigenvalue weighted by Gasteiger charge is -2.33. The number of ether oxygens (including phenoxy) is 2. The van der Waals surface area contributed by atoms with Crippen molar-refractivity contribution in [2.24, 2.45) is 0 Å². The number of aromatic nitrogens is 2. The number of para-hydroxylation sites is 1. The van der Waals surface area contributed by atoms with Crippen LogP contribution in [0, 0.1) is 6.92 Å². The summed E-state index contributed by atoms with van der Waals surface area (Å²) in [6.45, 7) is 1.90. The van der Waals surface area contributed by atoms with Crippen LogP contribution in [0.2, 0.25) is 0 Å². The molecule has 8 heteroatoms. The number of benzene rings is 3. The van der Waals surface area contributed by atoms with E-state index in [2.05, 4.69) is 10.6 Å². The number of fused-ring (bicyclic) bond motifs is 1. The number of carbonyl (C=O) groups excluding carboxylic acids is 2. The zero-order chi connectivity index (χ0) is 25.2. The van der Waals surface area contributed by atoms with Crippen molar-refractivity contribution in [2.45, 2.75) is 18.9 Å². The van der Waals surface area contributed by atoms with E-state index in [4.69, 9.17) is 14.6 Å². The van der Waals surface area contributed by atoms with E-state index in [9.17, 15) is 9.59 Å². The van der Waals surface area contributed by atoms with Crippen LogP contribution in [-0.2, 0) is 4.79 Å². The van der Waals surface area contributed by atoms with Gasteiger partial charge in [-0.3, -0.25) is 9.59 Å². The summed E-state index contributed by atoms with van der Waals surface area (Å²) in [5.74, 6) is 0.516. The molecule has 0 unspecified atom stereocenters. The molecule has 1 aromatic heterocycles. The third-order valence-electron chi connectivity index (χ3n) is 6.33. The zero-order valence-corrected chi connectivity index (χ0v) is 20.2. The van der Waals surface area contributed by atoms with E-state index in [0.29, 0.717) is 22.9 Å². The maximum atomic E-state index is 13.6. The van der Waals surface area contributed by atoms with Crippen LogP contribution in [0.5, 0.6) is 11.5 Å². The molecule has 4 aromatic rings. The van der Waals surface area contributed by atoms with Gasteiger partial charge in [0, 0.05) is 23.1 Å². The molecule has 2 amide bonds. The maximum Gasteiger partial charge on any atom is 0.251 e. The molecule has 0 spiro atoms. The first kappa shape index (κ1) is 23.2. The van der Waals surface area contributed by atoms with E-state index in [1.54, 1.807) is 49.2 Å². The second-order valence-electron chi connectivity index (χ2n) is 8.53. The lowest BCUT2D eigenvalue weighted by Crippen LogP contribution is -2.50. The summed E-state index contributed by atoms with van der Waals surface area (Å²) in [6, 6.07) is 23.0. The number of carbonyl (C=O) groups is 2. The van der Waals surface area contributed by atoms with Crippen molar-refractivity contribution in [1.29, 1.82) is 0 Å². The van der Waals surface area contributed by atoms with Gasteiger partial charge in [-0.1, -0.05) is 36.4 Å². The summed E-state index contributed by atoms with van der Waals surface area (Å²) >= 11 is 0. The molecule has 0 radical (unpaired) electrons. The minimum Gasteiger partial charge on any atom is -0.497 e. The van der Waals surface area contributed by atoms with E-state index in [1.807, 2.05) is 55.5 Å². The number of aryl methyl sites for hydroxylation is 1. The van der Waals surface area contributed by atoms with Crippen LogP contribution in [0.15, 0.2) is 78.9 Å². The minimum atomic E-state index is -0.894. The van der Waals surface area contributed by atoms with E-state index >= 15 is 0 Å². The second kappa shape index (κ2) is 9.58. The highest BCUT2D eigenvalue weighted by Crippen LogP contribution is 2.42. The lowest BCUT2D eigenvalue weighted by molar-refractivity contribution is -0.118. The van der Waals surface area contributed by atoms with E-state index in [1.165, 1.54) is 0 Å². The molecule has 2 N–H and O–H groups in total. The van der Waals surface area contributed by atoms with E-state index < -0.39 is 12.0 Å². The van der Waals surface area contributed by atoms with Crippen LogP contribution in [0.1, 0.15) is 33.1 Å². The fourth-order valence-electron chi connectivity index (χ4n) is 4.63. The molecule has 8 nitrogen and oxygen atoms in total. The van der Waals surface area contributed by atoms with Gasteiger partial charge in [-0.15, -0.1) is 0 Å². The SMILES string of the molecule is COc1cc(OC)cc([C@@H]2c3c(C)nn(-c4ccccc4)c3NC(=O)[C@@H]2NC(=O)c2ccccc2)c1.